The Hall–Kier alpha value is -8.44. The number of aliphatic hydroxyl groups is 1. The molecule has 3 nitrogen and oxygen atoms in total. The summed E-state index contributed by atoms with van der Waals surface area (Å²) in [6.45, 7) is 5.52. The van der Waals surface area contributed by atoms with Gasteiger partial charge >= 0.3 is 147 Å². The second-order valence-corrected chi connectivity index (χ2v) is 52.5. The van der Waals surface area contributed by atoms with Crippen molar-refractivity contribution in [2.24, 2.45) is 0 Å². The molecule has 0 aromatic heterocycles. The van der Waals surface area contributed by atoms with Crippen molar-refractivity contribution in [1.82, 2.24) is 0 Å². The number of allylic oxidation sites excluding steroid dienone is 1. The molecular weight excluding hydrogens is 1950 g/mol. The predicted octanol–water partition coefficient (Wildman–Crippen LogP) is 26.9. The molecule has 15 heteroatoms. The first kappa shape index (κ1) is 104. The van der Waals surface area contributed by atoms with Crippen molar-refractivity contribution >= 4 is 160 Å². The summed E-state index contributed by atoms with van der Waals surface area (Å²) in [7, 11) is 15.1. The van der Waals surface area contributed by atoms with Crippen molar-refractivity contribution < 1.29 is 45.4 Å². The molecule has 659 valence electrons. The van der Waals surface area contributed by atoms with Crippen molar-refractivity contribution in [2.75, 3.05) is 13.2 Å². The molecule has 16 aromatic carbocycles. The van der Waals surface area contributed by atoms with Crippen molar-refractivity contribution in [3.8, 4) is 12.3 Å². The summed E-state index contributed by atoms with van der Waals surface area (Å²) in [5, 5.41) is 27.4. The van der Waals surface area contributed by atoms with E-state index in [1.54, 1.807) is 0 Å². The van der Waals surface area contributed by atoms with Crippen molar-refractivity contribution in [2.45, 2.75) is 72.2 Å². The summed E-state index contributed by atoms with van der Waals surface area (Å²) in [5.41, 5.74) is 4.94. The molecular formula is C114H113Cl4O3P6Ru2+2. The van der Waals surface area contributed by atoms with Gasteiger partial charge < -0.3 is 14.6 Å². The van der Waals surface area contributed by atoms with Crippen LogP contribution in [-0.2, 0) is 45.9 Å². The molecule has 3 aliphatic rings. The van der Waals surface area contributed by atoms with E-state index < -0.39 is 57.1 Å². The van der Waals surface area contributed by atoms with Gasteiger partial charge in [-0.2, -0.15) is 0 Å². The zero-order chi connectivity index (χ0) is 88.7. The number of terminal acetylenes is 1. The Bertz CT molecular complexity index is 5190. The predicted molar refractivity (Wildman–Crippen MR) is 574 cm³/mol. The van der Waals surface area contributed by atoms with Crippen LogP contribution < -0.4 is 63.7 Å². The molecule has 0 radical (unpaired) electrons. The van der Waals surface area contributed by atoms with Gasteiger partial charge in [0.1, 0.15) is 31.8 Å². The van der Waals surface area contributed by atoms with E-state index in [4.69, 9.17) is 46.5 Å². The summed E-state index contributed by atoms with van der Waals surface area (Å²) < 4.78 is 11.4. The molecule has 19 rings (SSSR count). The molecule has 1 aliphatic carbocycles. The number of rotatable bonds is 17. The summed E-state index contributed by atoms with van der Waals surface area (Å²) in [6.07, 6.45) is 13.8. The first-order valence-electron chi connectivity index (χ1n) is 42.1. The van der Waals surface area contributed by atoms with Gasteiger partial charge in [-0.15, -0.1) is 6.42 Å². The molecule has 2 fully saturated rings. The molecule has 2 aliphatic heterocycles. The molecule has 2 heterocycles. The maximum atomic E-state index is 10.5. The Balaban J connectivity index is 0.000000169. The van der Waals surface area contributed by atoms with Crippen LogP contribution in [0.2, 0.25) is 0 Å². The monoisotopic (exact) mass is 2060 g/mol. The van der Waals surface area contributed by atoms with Crippen LogP contribution in [0.15, 0.2) is 485 Å². The number of hydrogen-bond donors (Lipinski definition) is 1. The number of halogens is 4. The molecule has 0 bridgehead atoms. The van der Waals surface area contributed by atoms with E-state index in [-0.39, 0.29) is 14.9 Å². The minimum Gasteiger partial charge on any atom is -0.0622 e. The Morgan fingerprint density at radius 2 is 0.620 bits per heavy atom. The van der Waals surface area contributed by atoms with Crippen LogP contribution in [0.4, 0.5) is 0 Å². The fourth-order valence-electron chi connectivity index (χ4n) is 14.2. The van der Waals surface area contributed by atoms with E-state index in [1.807, 2.05) is 108 Å². The summed E-state index contributed by atoms with van der Waals surface area (Å²) in [6, 6.07) is 167. The third-order valence-electron chi connectivity index (χ3n) is 20.4. The van der Waals surface area contributed by atoms with Crippen LogP contribution in [0.3, 0.4) is 0 Å². The van der Waals surface area contributed by atoms with E-state index in [2.05, 4.69) is 424 Å². The average molecular weight is 2060 g/mol. The average Bonchev–Trinajstić information content (AvgIpc) is 1.57. The number of hydrogen-bond acceptors (Lipinski definition) is 3. The summed E-state index contributed by atoms with van der Waals surface area (Å²) in [4.78, 5) is 0. The SMILES string of the molecule is C.C.C#CC(O)(c1ccccc1)c1ccccc1.CC1CCCO1.CC1CCCO1.ClP(c1ccccc1)P(Pc1ccccc1)c1ccccc1.[Cl][Ru].[Cl][Ru]([Cl])=[C]1C=C(c2ccccc2)c2ccccc21.c1ccc(P(c2ccccc2)c2ccccc2)cc1.c1ccc([PH+](c2ccccc2)c2ccccc2)cc1.c1ccc([PH+](c2ccccc2)c2ccccc2)cc1. The van der Waals surface area contributed by atoms with Crippen LogP contribution in [0.5, 0.6) is 0 Å². The first-order valence-corrected chi connectivity index (χ1v) is 60.2. The van der Waals surface area contributed by atoms with E-state index in [0.29, 0.717) is 23.3 Å². The van der Waals surface area contributed by atoms with Crippen LogP contribution >= 0.6 is 86.6 Å². The molecule has 1 N–H and O–H groups in total. The molecule has 5 atom stereocenters. The van der Waals surface area contributed by atoms with Crippen LogP contribution in [0.25, 0.3) is 5.57 Å². The second-order valence-electron chi connectivity index (χ2n) is 29.2. The van der Waals surface area contributed by atoms with Gasteiger partial charge in [-0.05, 0) is 159 Å². The van der Waals surface area contributed by atoms with Gasteiger partial charge in [-0.25, -0.2) is 0 Å². The Morgan fingerprint density at radius 1 is 0.364 bits per heavy atom. The minimum atomic E-state index is -1.88. The van der Waals surface area contributed by atoms with E-state index in [9.17, 15) is 5.11 Å². The summed E-state index contributed by atoms with van der Waals surface area (Å²) >= 11 is 6.90. The molecule has 2 saturated heterocycles. The van der Waals surface area contributed by atoms with Gasteiger partial charge in [0.2, 0.25) is 0 Å². The van der Waals surface area contributed by atoms with Gasteiger partial charge in [-0.1, -0.05) is 392 Å². The third-order valence-corrected chi connectivity index (χ3v) is 44.6. The zero-order valence-corrected chi connectivity index (χ0v) is 83.2. The van der Waals surface area contributed by atoms with E-state index >= 15 is 0 Å². The van der Waals surface area contributed by atoms with Crippen LogP contribution in [0, 0.1) is 12.3 Å². The maximum Gasteiger partial charge on any atom is 0.102 e. The fourth-order valence-corrected chi connectivity index (χ4v) is 35.7. The van der Waals surface area contributed by atoms with Crippen LogP contribution in [-0.4, -0.2) is 34.6 Å². The number of ether oxygens (including phenoxy) is 2. The second kappa shape index (κ2) is 59.1. The van der Waals surface area contributed by atoms with Gasteiger partial charge in [0.05, 0.1) is 35.0 Å². The van der Waals surface area contributed by atoms with Crippen molar-refractivity contribution in [3.05, 3.63) is 513 Å². The normalized spacial score (nSPS) is 13.6. The van der Waals surface area contributed by atoms with Gasteiger partial charge in [0.25, 0.3) is 0 Å². The quantitative estimate of drug-likeness (QED) is 0.0561. The molecule has 129 heavy (non-hydrogen) atoms. The third kappa shape index (κ3) is 33.1. The Morgan fingerprint density at radius 3 is 0.891 bits per heavy atom. The van der Waals surface area contributed by atoms with Gasteiger partial charge in [0.15, 0.2) is 5.60 Å². The minimum absolute atomic E-state index is 0. The smallest absolute Gasteiger partial charge is 0.0622 e. The van der Waals surface area contributed by atoms with E-state index in [0.717, 1.165) is 25.6 Å². The van der Waals surface area contributed by atoms with Gasteiger partial charge in [0, 0.05) is 24.3 Å². The van der Waals surface area contributed by atoms with Crippen molar-refractivity contribution in [1.29, 1.82) is 0 Å². The van der Waals surface area contributed by atoms with Gasteiger partial charge in [-0.3, -0.25) is 0 Å². The van der Waals surface area contributed by atoms with Crippen molar-refractivity contribution in [3.63, 3.8) is 0 Å². The topological polar surface area (TPSA) is 38.7 Å². The molecule has 5 unspecified atom stereocenters. The largest absolute Gasteiger partial charge is 0.102 e. The molecule has 0 amide bonds. The molecule has 0 saturated carbocycles. The summed E-state index contributed by atoms with van der Waals surface area (Å²) in [5.74, 6) is 2.47. The molecule has 16 aromatic rings. The van der Waals surface area contributed by atoms with Crippen LogP contribution in [0.1, 0.15) is 82.2 Å². The standard InChI is InChI=1S/C18H16ClP3.3C18H15P.C15H12O.C15H10.2C5H10O.2CH4.3ClH.2Ru/c19-21(17-12-6-2-7-13-17)22(18-14-8-3-9-15-18)20-16-10-4-1-5-11-16;3*1-4-10-16(11-5-1)19(17-12-6-2-7-13-17)18-14-8-3-9-15-18;1-2-15(16,13-9-5-3-6-10-13)14-11-7-4-8-12-14;1-2-6-12(7-3-1)15-11-10-13-8-4-5-9-14(13)15;2*1-5-3-2-4-6-5;;;;;;;/h1-15,20H;3*1-15H;1,3-12,16H;1-9,11H;2*5H,2-4H2,1H3;2*1H4;3*1H;;/q;;;;;;;;;;;;;+1;+2/p-1. The maximum absolute atomic E-state index is 10.5. The first-order chi connectivity index (χ1) is 62.5. The molecule has 0 spiro atoms. The Kier molecular flexibility index (Phi) is 47.8. The fraction of sp³-hybridized carbons (Fsp3) is 0.114. The number of benzene rings is 16. The zero-order valence-electron chi connectivity index (χ0n) is 71.0. The Labute approximate surface area is 808 Å². The van der Waals surface area contributed by atoms with E-state index in [1.165, 1.54) is 112 Å². The number of fused-ring (bicyclic) bond motifs is 1.